The van der Waals surface area contributed by atoms with Gasteiger partial charge in [0.05, 0.1) is 23.2 Å². The van der Waals surface area contributed by atoms with Gasteiger partial charge in [0.15, 0.2) is 5.11 Å². The van der Waals surface area contributed by atoms with Crippen LogP contribution in [0.3, 0.4) is 0 Å². The summed E-state index contributed by atoms with van der Waals surface area (Å²) in [6, 6.07) is 0. The van der Waals surface area contributed by atoms with Gasteiger partial charge in [-0.15, -0.1) is 0 Å². The molecule has 392 valence electrons. The predicted octanol–water partition coefficient (Wildman–Crippen LogP) is 7.58. The summed E-state index contributed by atoms with van der Waals surface area (Å²) in [5.41, 5.74) is 4.31. The number of isothiocyanates is 1. The van der Waals surface area contributed by atoms with Gasteiger partial charge in [-0.2, -0.15) is 12.6 Å². The van der Waals surface area contributed by atoms with Crippen molar-refractivity contribution in [2.45, 2.75) is 118 Å². The van der Waals surface area contributed by atoms with Gasteiger partial charge in [0.25, 0.3) is 0 Å². The molecule has 4 aliphatic rings. The quantitative estimate of drug-likeness (QED) is 0.110. The van der Waals surface area contributed by atoms with Crippen LogP contribution in [0.2, 0.25) is 0 Å². The second-order valence-electron chi connectivity index (χ2n) is 19.7. The second kappa shape index (κ2) is 30.6. The number of carboxylic acids is 1. The van der Waals surface area contributed by atoms with Gasteiger partial charge < -0.3 is 39.8 Å². The normalized spacial score (nSPS) is 16.9. The average molecular weight is 1070 g/mol. The van der Waals surface area contributed by atoms with E-state index in [0.717, 1.165) is 77.8 Å². The molecule has 0 spiro atoms. The van der Waals surface area contributed by atoms with Crippen molar-refractivity contribution in [1.82, 2.24) is 38.7 Å². The standard InChI is InChI=1S/C14H22N2O3S2.C12H20N2O2S.C11H22N2O2.C7H6N4S.C2H4O2S/c1-14(2,3)19-12(18)15-6-4-10(5-7-15)8-16-11(17)9-21-13(16)20;1-12(2,3)16-11(15)14-6-4-10(5-7-14)8-13-9-17;1-11(2,3)15-10(14)13-6-4-9(8-12)5-7-13;12-7(10-3-1-8-5-10)11-4-2-9-6-11;3-2(4)1-5/h10H,4-9H2,1-3H3;10H,4-8H2,1-3H3;9H,4-8,12H2,1-3H3;1-6H;5H,1H2,(H,3,4). The van der Waals surface area contributed by atoms with Crippen LogP contribution in [0.25, 0.3) is 0 Å². The minimum atomic E-state index is -0.881. The van der Waals surface area contributed by atoms with Crippen molar-refractivity contribution in [3.8, 4) is 0 Å². The Hall–Kier alpha value is -4.19. The Labute approximate surface area is 439 Å². The van der Waals surface area contributed by atoms with Crippen molar-refractivity contribution >= 4 is 106 Å². The van der Waals surface area contributed by atoms with Crippen molar-refractivity contribution in [1.29, 1.82) is 0 Å². The number of aliphatic carboxylic acids is 1. The number of thiocarbonyl (C=S) groups is 3. The lowest BCUT2D eigenvalue weighted by molar-refractivity contribution is -0.134. The van der Waals surface area contributed by atoms with E-state index in [9.17, 15) is 24.0 Å². The van der Waals surface area contributed by atoms with Crippen LogP contribution in [0, 0.1) is 17.8 Å². The Morgan fingerprint density at radius 2 is 1.13 bits per heavy atom. The summed E-state index contributed by atoms with van der Waals surface area (Å²) in [7, 11) is 0. The van der Waals surface area contributed by atoms with Gasteiger partial charge in [-0.3, -0.25) is 23.6 Å². The highest BCUT2D eigenvalue weighted by Gasteiger charge is 2.33. The summed E-state index contributed by atoms with van der Waals surface area (Å²) in [5, 5.41) is 10.7. The van der Waals surface area contributed by atoms with Crippen LogP contribution in [-0.2, 0) is 23.8 Å². The maximum Gasteiger partial charge on any atom is 0.410 e. The van der Waals surface area contributed by atoms with Gasteiger partial charge >= 0.3 is 24.2 Å². The highest BCUT2D eigenvalue weighted by molar-refractivity contribution is 8.23. The molecule has 3 N–H and O–H groups in total. The zero-order valence-corrected chi connectivity index (χ0v) is 46.3. The number of carboxylic acid groups (broad SMARTS) is 1. The van der Waals surface area contributed by atoms with E-state index in [4.69, 9.17) is 49.5 Å². The number of aliphatic imine (C=N–C) groups is 1. The van der Waals surface area contributed by atoms with E-state index in [1.807, 2.05) is 62.3 Å². The third-order valence-electron chi connectivity index (χ3n) is 10.4. The molecule has 19 nitrogen and oxygen atoms in total. The number of hydrogen-bond acceptors (Lipinski definition) is 17. The van der Waals surface area contributed by atoms with Crippen LogP contribution < -0.4 is 5.73 Å². The molecule has 0 aromatic carbocycles. The van der Waals surface area contributed by atoms with Gasteiger partial charge in [-0.1, -0.05) is 24.0 Å². The van der Waals surface area contributed by atoms with Gasteiger partial charge in [0.2, 0.25) is 5.91 Å². The molecule has 0 radical (unpaired) electrons. The fourth-order valence-corrected chi connectivity index (χ4v) is 8.17. The smallest absolute Gasteiger partial charge is 0.410 e. The van der Waals surface area contributed by atoms with E-state index >= 15 is 0 Å². The zero-order valence-electron chi connectivity index (χ0n) is 42.1. The number of piperidine rings is 3. The lowest BCUT2D eigenvalue weighted by Gasteiger charge is -2.34. The fraction of sp³-hybridized carbons (Fsp3) is 0.696. The molecule has 0 unspecified atom stereocenters. The van der Waals surface area contributed by atoms with Crippen LogP contribution in [0.1, 0.15) is 101 Å². The summed E-state index contributed by atoms with van der Waals surface area (Å²) >= 11 is 19.7. The molecule has 0 bridgehead atoms. The fourth-order valence-electron chi connectivity index (χ4n) is 6.79. The van der Waals surface area contributed by atoms with Gasteiger partial charge in [0.1, 0.15) is 33.8 Å². The first-order valence-corrected chi connectivity index (χ1v) is 26.1. The Kier molecular flexibility index (Phi) is 27.1. The first-order chi connectivity index (χ1) is 32.7. The number of carbonyl (C=O) groups excluding carboxylic acids is 4. The molecule has 0 aliphatic carbocycles. The van der Waals surface area contributed by atoms with E-state index in [0.29, 0.717) is 52.6 Å². The molecule has 2 aromatic rings. The number of aromatic nitrogens is 4. The molecule has 24 heteroatoms. The molecule has 6 rings (SSSR count). The molecule has 4 fully saturated rings. The van der Waals surface area contributed by atoms with Crippen molar-refractivity contribution in [3.63, 3.8) is 0 Å². The zero-order chi connectivity index (χ0) is 52.7. The molecule has 2 aromatic heterocycles. The molecular formula is C46H74N10O9S5. The largest absolute Gasteiger partial charge is 0.481 e. The van der Waals surface area contributed by atoms with Crippen LogP contribution >= 0.6 is 61.0 Å². The number of hydrogen-bond donors (Lipinski definition) is 3. The van der Waals surface area contributed by atoms with E-state index < -0.39 is 22.8 Å². The maximum absolute atomic E-state index is 12.0. The number of thioether (sulfide) groups is 1. The summed E-state index contributed by atoms with van der Waals surface area (Å²) in [6.07, 6.45) is 15.3. The minimum absolute atomic E-state index is 0.0833. The van der Waals surface area contributed by atoms with Gasteiger partial charge in [0, 0.05) is 70.6 Å². The van der Waals surface area contributed by atoms with Crippen molar-refractivity contribution < 1.29 is 43.3 Å². The summed E-state index contributed by atoms with van der Waals surface area (Å²) in [5.74, 6) is 1.11. The number of nitrogens with two attached hydrogens (primary N) is 1. The van der Waals surface area contributed by atoms with Crippen molar-refractivity contribution in [2.24, 2.45) is 28.5 Å². The Bertz CT molecular complexity index is 1940. The van der Waals surface area contributed by atoms with Gasteiger partial charge in [-0.05, 0) is 150 Å². The molecule has 70 heavy (non-hydrogen) atoms. The van der Waals surface area contributed by atoms with Crippen LogP contribution in [0.15, 0.2) is 42.4 Å². The monoisotopic (exact) mass is 1070 g/mol. The molecule has 6 heterocycles. The number of nitrogens with zero attached hydrogens (tertiary/aromatic N) is 9. The molecule has 0 atom stereocenters. The molecular weight excluding hydrogens is 997 g/mol. The Morgan fingerprint density at radius 3 is 1.41 bits per heavy atom. The molecule has 4 aliphatic heterocycles. The lowest BCUT2D eigenvalue weighted by Crippen LogP contribution is -2.44. The average Bonchev–Trinajstić information content (AvgIpc) is 4.10. The number of amides is 4. The molecule has 4 saturated heterocycles. The molecule has 4 amide bonds. The number of rotatable bonds is 6. The van der Waals surface area contributed by atoms with Crippen LogP contribution in [0.4, 0.5) is 14.4 Å². The minimum Gasteiger partial charge on any atom is -0.481 e. The highest BCUT2D eigenvalue weighted by Crippen LogP contribution is 2.26. The number of likely N-dealkylation sites (tertiary alicyclic amines) is 3. The first-order valence-electron chi connectivity index (χ1n) is 23.2. The van der Waals surface area contributed by atoms with Crippen molar-refractivity contribution in [2.75, 3.05) is 70.4 Å². The number of carbonyl (C=O) groups is 5. The highest BCUT2D eigenvalue weighted by atomic mass is 32.2. The Morgan fingerprint density at radius 1 is 0.757 bits per heavy atom. The van der Waals surface area contributed by atoms with E-state index in [1.54, 1.807) is 66.2 Å². The summed E-state index contributed by atoms with van der Waals surface area (Å²) in [4.78, 5) is 75.2. The number of ether oxygens (including phenoxy) is 3. The Balaban J connectivity index is 0.000000314. The first kappa shape index (κ1) is 61.9. The van der Waals surface area contributed by atoms with E-state index in [2.05, 4.69) is 45.0 Å². The maximum atomic E-state index is 12.0. The summed E-state index contributed by atoms with van der Waals surface area (Å²) in [6.45, 7) is 23.5. The topological polar surface area (TPSA) is 220 Å². The van der Waals surface area contributed by atoms with E-state index in [-0.39, 0.29) is 29.9 Å². The van der Waals surface area contributed by atoms with Crippen LogP contribution in [0.5, 0.6) is 0 Å². The van der Waals surface area contributed by atoms with Crippen molar-refractivity contribution in [3.05, 3.63) is 37.4 Å². The number of imidazole rings is 2. The predicted molar refractivity (Wildman–Crippen MR) is 287 cm³/mol. The van der Waals surface area contributed by atoms with E-state index in [1.165, 1.54) is 11.8 Å². The second-order valence-corrected chi connectivity index (χ2v) is 22.2. The van der Waals surface area contributed by atoms with Gasteiger partial charge in [-0.25, -0.2) is 29.3 Å². The SMILES string of the molecule is CC(C)(C)OC(=O)N1CCC(CN)CC1.CC(C)(C)OC(=O)N1CCC(CN2C(=O)CSC2=S)CC1.CC(C)(C)OC(=O)N1CCC(CN=C=S)CC1.O=C(O)CS.S=C(n1ccnc1)n1ccnc1. The third kappa shape index (κ3) is 25.3. The summed E-state index contributed by atoms with van der Waals surface area (Å²) < 4.78 is 20.2. The molecule has 0 saturated carbocycles. The third-order valence-corrected chi connectivity index (χ3v) is 12.7. The van der Waals surface area contributed by atoms with Crippen LogP contribution in [-0.4, -0.2) is 176 Å². The number of thiol groups is 1. The lowest BCUT2D eigenvalue weighted by atomic mass is 9.96.